The van der Waals surface area contributed by atoms with E-state index < -0.39 is 19.9 Å². The van der Waals surface area contributed by atoms with Gasteiger partial charge in [-0.2, -0.15) is 0 Å². The summed E-state index contributed by atoms with van der Waals surface area (Å²) in [5.74, 6) is -0.857. The van der Waals surface area contributed by atoms with Crippen molar-refractivity contribution in [1.82, 2.24) is 0 Å². The van der Waals surface area contributed by atoms with Gasteiger partial charge < -0.3 is 19.5 Å². The Kier molecular flexibility index (Phi) is 16.9. The van der Waals surface area contributed by atoms with Crippen molar-refractivity contribution in [3.8, 4) is 0 Å². The fourth-order valence-electron chi connectivity index (χ4n) is 2.83. The molecule has 0 heterocycles. The lowest BCUT2D eigenvalue weighted by molar-refractivity contribution is -0.137. The normalized spacial score (nSPS) is 15.0. The van der Waals surface area contributed by atoms with Gasteiger partial charge in [-0.1, -0.05) is 49.4 Å². The maximum absolute atomic E-state index is 12.1. The molecule has 0 radical (unpaired) electrons. The fourth-order valence-corrected chi connectivity index (χ4v) is 3.57. The molecule has 35 heavy (non-hydrogen) atoms. The van der Waals surface area contributed by atoms with Crippen LogP contribution in [0, 0.1) is 0 Å². The van der Waals surface area contributed by atoms with E-state index in [1.807, 2.05) is 56.3 Å². The zero-order valence-electron chi connectivity index (χ0n) is 20.6. The topological polar surface area (TPSA) is 124 Å². The molecule has 0 saturated heterocycles. The number of aliphatic imine (C=N–C) groups is 1. The van der Waals surface area contributed by atoms with Crippen molar-refractivity contribution in [1.29, 1.82) is 0 Å². The average Bonchev–Trinajstić information content (AvgIpc) is 2.84. The Balaban J connectivity index is 2.36. The van der Waals surface area contributed by atoms with Crippen LogP contribution in [-0.4, -0.2) is 67.9 Å². The van der Waals surface area contributed by atoms with Gasteiger partial charge in [0, 0.05) is 25.8 Å². The summed E-state index contributed by atoms with van der Waals surface area (Å²) in [5, 5.41) is 8.68. The van der Waals surface area contributed by atoms with E-state index in [-0.39, 0.29) is 32.8 Å². The van der Waals surface area contributed by atoms with Crippen LogP contribution < -0.4 is 0 Å². The van der Waals surface area contributed by atoms with Gasteiger partial charge in [0.25, 0.3) is 0 Å². The molecular weight excluding hydrogens is 473 g/mol. The van der Waals surface area contributed by atoms with Crippen LogP contribution in [0.25, 0.3) is 5.57 Å². The highest BCUT2D eigenvalue weighted by molar-refractivity contribution is 7.47. The molecule has 2 atom stereocenters. The van der Waals surface area contributed by atoms with E-state index in [2.05, 4.69) is 4.99 Å². The van der Waals surface area contributed by atoms with E-state index in [1.165, 1.54) is 0 Å². The number of nitrogens with zero attached hydrogens (tertiary/aromatic N) is 1. The average molecular weight is 512 g/mol. The van der Waals surface area contributed by atoms with Crippen molar-refractivity contribution in [3.05, 3.63) is 54.1 Å². The molecule has 0 bridgehead atoms. The lowest BCUT2D eigenvalue weighted by Gasteiger charge is -2.19. The second-order valence-electron chi connectivity index (χ2n) is 7.54. The second kappa shape index (κ2) is 19.1. The van der Waals surface area contributed by atoms with Gasteiger partial charge in [-0.05, 0) is 43.4 Å². The minimum absolute atomic E-state index is 0.0678. The zero-order valence-corrected chi connectivity index (χ0v) is 21.5. The van der Waals surface area contributed by atoms with Crippen molar-refractivity contribution < 1.29 is 37.9 Å². The first-order valence-electron chi connectivity index (χ1n) is 11.8. The Morgan fingerprint density at radius 1 is 1.11 bits per heavy atom. The van der Waals surface area contributed by atoms with Crippen LogP contribution in [0.4, 0.5) is 0 Å². The minimum Gasteiger partial charge on any atom is -0.481 e. The smallest absolute Gasteiger partial charge is 0.472 e. The zero-order chi connectivity index (χ0) is 25.8. The van der Waals surface area contributed by atoms with Crippen molar-refractivity contribution in [3.63, 3.8) is 0 Å². The first-order valence-corrected chi connectivity index (χ1v) is 13.3. The summed E-state index contributed by atoms with van der Waals surface area (Å²) in [6.07, 6.45) is 8.71. The summed E-state index contributed by atoms with van der Waals surface area (Å²) >= 11 is 0. The quantitative estimate of drug-likeness (QED) is 0.109. The maximum atomic E-state index is 12.1. The molecule has 0 fully saturated rings. The number of phosphoric ester groups is 1. The highest BCUT2D eigenvalue weighted by Crippen LogP contribution is 2.43. The number of carbonyl (C=O) groups is 1. The molecule has 0 aliphatic carbocycles. The predicted molar refractivity (Wildman–Crippen MR) is 137 cm³/mol. The first-order chi connectivity index (χ1) is 16.9. The van der Waals surface area contributed by atoms with Crippen molar-refractivity contribution in [2.75, 3.05) is 39.6 Å². The summed E-state index contributed by atoms with van der Waals surface area (Å²) in [6.45, 7) is 4.87. The van der Waals surface area contributed by atoms with Gasteiger partial charge in [0.2, 0.25) is 0 Å². The SMILES string of the molecule is C/C=C(\C=C/C=NCCOP(=O)(O)OCC(COCCC)OCCCCC(=O)O)c1ccccc1. The van der Waals surface area contributed by atoms with Gasteiger partial charge in [-0.25, -0.2) is 4.57 Å². The number of benzene rings is 1. The van der Waals surface area contributed by atoms with E-state index in [0.717, 1.165) is 17.6 Å². The van der Waals surface area contributed by atoms with Gasteiger partial charge in [0.05, 0.1) is 26.4 Å². The van der Waals surface area contributed by atoms with Crippen molar-refractivity contribution in [2.24, 2.45) is 4.99 Å². The molecular formula is C25H38NO8P. The van der Waals surface area contributed by atoms with Gasteiger partial charge in [0.1, 0.15) is 6.10 Å². The number of rotatable bonds is 20. The Morgan fingerprint density at radius 3 is 2.57 bits per heavy atom. The molecule has 0 saturated carbocycles. The number of unbranched alkanes of at least 4 members (excludes halogenated alkanes) is 1. The number of ether oxygens (including phenoxy) is 2. The molecule has 0 amide bonds. The van der Waals surface area contributed by atoms with Gasteiger partial charge >= 0.3 is 13.8 Å². The molecule has 196 valence electrons. The number of carboxylic acids is 1. The van der Waals surface area contributed by atoms with Crippen LogP contribution in [0.2, 0.25) is 0 Å². The summed E-state index contributed by atoms with van der Waals surface area (Å²) in [5.41, 5.74) is 2.16. The third-order valence-electron chi connectivity index (χ3n) is 4.57. The highest BCUT2D eigenvalue weighted by Gasteiger charge is 2.23. The molecule has 1 aromatic rings. The van der Waals surface area contributed by atoms with Gasteiger partial charge in [-0.3, -0.25) is 18.8 Å². The Bertz CT molecular complexity index is 841. The van der Waals surface area contributed by atoms with Crippen LogP contribution in [0.1, 0.15) is 45.1 Å². The van der Waals surface area contributed by atoms with E-state index in [9.17, 15) is 14.3 Å². The molecule has 2 unspecified atom stereocenters. The largest absolute Gasteiger partial charge is 0.481 e. The molecule has 9 nitrogen and oxygen atoms in total. The van der Waals surface area contributed by atoms with E-state index >= 15 is 0 Å². The fraction of sp³-hybridized carbons (Fsp3) is 0.520. The van der Waals surface area contributed by atoms with Crippen molar-refractivity contribution >= 4 is 25.6 Å². The van der Waals surface area contributed by atoms with Crippen LogP contribution in [0.5, 0.6) is 0 Å². The molecule has 0 aliphatic heterocycles. The second-order valence-corrected chi connectivity index (χ2v) is 8.99. The van der Waals surface area contributed by atoms with Crippen LogP contribution in [0.15, 0.2) is 53.6 Å². The minimum atomic E-state index is -4.27. The number of hydrogen-bond acceptors (Lipinski definition) is 7. The number of allylic oxidation sites excluding steroid dienone is 4. The molecule has 2 N–H and O–H groups in total. The van der Waals surface area contributed by atoms with Crippen molar-refractivity contribution in [2.45, 2.75) is 45.6 Å². The molecule has 0 aliphatic rings. The number of carboxylic acid groups (broad SMARTS) is 1. The first kappa shape index (κ1) is 30.9. The van der Waals surface area contributed by atoms with E-state index in [0.29, 0.717) is 26.1 Å². The summed E-state index contributed by atoms with van der Waals surface area (Å²) < 4.78 is 33.3. The molecule has 10 heteroatoms. The third kappa shape index (κ3) is 16.2. The van der Waals surface area contributed by atoms with Crippen LogP contribution in [0.3, 0.4) is 0 Å². The van der Waals surface area contributed by atoms with Crippen LogP contribution >= 0.6 is 7.82 Å². The lowest BCUT2D eigenvalue weighted by atomic mass is 10.1. The monoisotopic (exact) mass is 511 g/mol. The van der Waals surface area contributed by atoms with Gasteiger partial charge in [-0.15, -0.1) is 0 Å². The van der Waals surface area contributed by atoms with Crippen LogP contribution in [-0.2, 0) is 27.9 Å². The number of hydrogen-bond donors (Lipinski definition) is 2. The lowest BCUT2D eigenvalue weighted by Crippen LogP contribution is -2.26. The number of phosphoric acid groups is 1. The molecule has 1 aromatic carbocycles. The Morgan fingerprint density at radius 2 is 1.89 bits per heavy atom. The van der Waals surface area contributed by atoms with E-state index in [1.54, 1.807) is 12.3 Å². The molecule has 1 rings (SSSR count). The maximum Gasteiger partial charge on any atom is 0.472 e. The summed E-state index contributed by atoms with van der Waals surface area (Å²) in [7, 11) is -4.27. The number of aliphatic carboxylic acids is 1. The summed E-state index contributed by atoms with van der Waals surface area (Å²) in [6, 6.07) is 9.96. The summed E-state index contributed by atoms with van der Waals surface area (Å²) in [4.78, 5) is 24.6. The Hall–Kier alpha value is -2.13. The predicted octanol–water partition coefficient (Wildman–Crippen LogP) is 4.92. The molecule has 0 aromatic heterocycles. The third-order valence-corrected chi connectivity index (χ3v) is 5.56. The standard InChI is InChI=1S/C25H38NO8P/c1-3-17-31-20-24(32-18-9-8-14-25(27)28)21-34-35(29,30)33-19-16-26-15-10-13-22(4-2)23-11-6-5-7-12-23/h4-7,10-13,15,24H,3,8-9,14,16-21H2,1-2H3,(H,27,28)(H,29,30)/b13-10-,22-4+,26-15?. The molecule has 0 spiro atoms. The Labute approximate surface area is 208 Å². The van der Waals surface area contributed by atoms with E-state index in [4.69, 9.17) is 23.6 Å². The van der Waals surface area contributed by atoms with Gasteiger partial charge in [0.15, 0.2) is 0 Å². The highest BCUT2D eigenvalue weighted by atomic mass is 31.2.